The van der Waals surface area contributed by atoms with Crippen molar-refractivity contribution in [2.75, 3.05) is 5.73 Å². The summed E-state index contributed by atoms with van der Waals surface area (Å²) in [5, 5.41) is 22.2. The number of carbonyl (C=O) groups is 1. The number of phenolic OH excluding ortho intramolecular Hbond substituents is 2. The van der Waals surface area contributed by atoms with Crippen molar-refractivity contribution in [1.29, 1.82) is 0 Å². The highest BCUT2D eigenvalue weighted by atomic mass is 35.5. The summed E-state index contributed by atoms with van der Waals surface area (Å²) in [5.41, 5.74) is 7.62. The molecule has 23 heavy (non-hydrogen) atoms. The highest BCUT2D eigenvalue weighted by Gasteiger charge is 2.19. The molecule has 1 aromatic carbocycles. The number of carbonyl (C=O) groups excluding carboxylic acids is 1. The number of hydrazone groups is 1. The normalized spacial score (nSPS) is 10.9. The smallest absolute Gasteiger partial charge is 0.291 e. The molecule has 120 valence electrons. The number of rotatable bonds is 3. The van der Waals surface area contributed by atoms with E-state index in [1.54, 1.807) is 0 Å². The molecule has 10 heteroatoms. The molecule has 1 amide bonds. The molecular weight excluding hydrogens is 367 g/mol. The first-order valence-corrected chi connectivity index (χ1v) is 7.10. The van der Waals surface area contributed by atoms with Gasteiger partial charge in [-0.3, -0.25) is 4.79 Å². The van der Waals surface area contributed by atoms with Crippen LogP contribution >= 0.6 is 34.8 Å². The van der Waals surface area contributed by atoms with Gasteiger partial charge in [0.05, 0.1) is 16.9 Å². The molecule has 0 saturated heterocycles. The molecule has 1 aromatic heterocycles. The number of phenols is 2. The highest BCUT2D eigenvalue weighted by molar-refractivity contribution is 6.46. The van der Waals surface area contributed by atoms with Crippen molar-refractivity contribution in [2.24, 2.45) is 5.10 Å². The first kappa shape index (κ1) is 17.1. The van der Waals surface area contributed by atoms with Crippen LogP contribution in [-0.2, 0) is 0 Å². The number of hydrogen-bond donors (Lipinski definition) is 4. The van der Waals surface area contributed by atoms with Crippen molar-refractivity contribution >= 4 is 52.6 Å². The Morgan fingerprint density at radius 2 is 1.96 bits per heavy atom. The summed E-state index contributed by atoms with van der Waals surface area (Å²) in [4.78, 5) is 15.7. The van der Waals surface area contributed by atoms with Gasteiger partial charge in [0.15, 0.2) is 22.3 Å². The lowest BCUT2D eigenvalue weighted by Gasteiger charge is -2.07. The number of para-hydroxylation sites is 1. The average Bonchev–Trinajstić information content (AvgIpc) is 2.52. The summed E-state index contributed by atoms with van der Waals surface area (Å²) in [7, 11) is 0. The van der Waals surface area contributed by atoms with Crippen molar-refractivity contribution < 1.29 is 15.0 Å². The zero-order chi connectivity index (χ0) is 17.1. The number of nitrogens with two attached hydrogens (primary N) is 1. The number of amides is 1. The molecule has 0 unspecified atom stereocenters. The molecule has 0 saturated carbocycles. The van der Waals surface area contributed by atoms with Gasteiger partial charge in [0, 0.05) is 5.56 Å². The van der Waals surface area contributed by atoms with Gasteiger partial charge in [-0.15, -0.1) is 0 Å². The number of pyridine rings is 1. The minimum atomic E-state index is -0.781. The SMILES string of the molecule is Nc1c(Cl)c(Cl)nc(C(=O)N/N=C/c2cccc(O)c2O)c1Cl. The van der Waals surface area contributed by atoms with Crippen LogP contribution in [0, 0.1) is 0 Å². The second kappa shape index (κ2) is 6.91. The Morgan fingerprint density at radius 3 is 2.65 bits per heavy atom. The quantitative estimate of drug-likeness (QED) is 0.284. The fraction of sp³-hybridized carbons (Fsp3) is 0. The lowest BCUT2D eigenvalue weighted by molar-refractivity contribution is 0.0950. The molecule has 1 heterocycles. The monoisotopic (exact) mass is 374 g/mol. The second-order valence-corrected chi connectivity index (χ2v) is 5.32. The molecule has 2 aromatic rings. The molecule has 0 bridgehead atoms. The van der Waals surface area contributed by atoms with E-state index in [2.05, 4.69) is 15.5 Å². The third-order valence-corrected chi connectivity index (χ3v) is 3.84. The molecule has 7 nitrogen and oxygen atoms in total. The number of nitrogens with zero attached hydrogens (tertiary/aromatic N) is 2. The standard InChI is InChI=1S/C13H9Cl3N4O3/c14-7-9(17)8(15)12(16)19-10(7)13(23)20-18-4-5-2-1-3-6(21)11(5)22/h1-4,21-22H,(H2,17,19)(H,20,23)/b18-4+. The Bertz CT molecular complexity index is 812. The lowest BCUT2D eigenvalue weighted by atomic mass is 10.2. The van der Waals surface area contributed by atoms with E-state index in [4.69, 9.17) is 40.5 Å². The molecule has 0 fully saturated rings. The molecule has 0 atom stereocenters. The molecule has 0 spiro atoms. The molecule has 2 rings (SSSR count). The Balaban J connectivity index is 2.20. The van der Waals surface area contributed by atoms with E-state index < -0.39 is 5.91 Å². The molecule has 0 radical (unpaired) electrons. The number of halogens is 3. The predicted octanol–water partition coefficient (Wildman–Crippen LogP) is 2.80. The predicted molar refractivity (Wildman–Crippen MR) is 88.5 cm³/mol. The minimum Gasteiger partial charge on any atom is -0.504 e. The number of aromatic nitrogens is 1. The van der Waals surface area contributed by atoms with Crippen LogP contribution in [0.5, 0.6) is 11.5 Å². The minimum absolute atomic E-state index is 0.0543. The van der Waals surface area contributed by atoms with Crippen LogP contribution in [0.1, 0.15) is 16.1 Å². The van der Waals surface area contributed by atoms with Crippen molar-refractivity contribution in [3.8, 4) is 11.5 Å². The fourth-order valence-electron chi connectivity index (χ4n) is 1.55. The van der Waals surface area contributed by atoms with E-state index >= 15 is 0 Å². The van der Waals surface area contributed by atoms with Gasteiger partial charge in [0.25, 0.3) is 5.91 Å². The Labute approximate surface area is 145 Å². The number of aromatic hydroxyl groups is 2. The largest absolute Gasteiger partial charge is 0.504 e. The molecule has 0 aliphatic rings. The van der Waals surface area contributed by atoms with E-state index in [0.717, 1.165) is 6.21 Å². The summed E-state index contributed by atoms with van der Waals surface area (Å²) < 4.78 is 0. The van der Waals surface area contributed by atoms with Crippen molar-refractivity contribution in [1.82, 2.24) is 10.4 Å². The zero-order valence-corrected chi connectivity index (χ0v) is 13.5. The third kappa shape index (κ3) is 3.58. The topological polar surface area (TPSA) is 121 Å². The van der Waals surface area contributed by atoms with Crippen molar-refractivity contribution in [2.45, 2.75) is 0 Å². The summed E-state index contributed by atoms with van der Waals surface area (Å²) in [6.45, 7) is 0. The first-order valence-electron chi connectivity index (χ1n) is 5.97. The van der Waals surface area contributed by atoms with E-state index in [0.29, 0.717) is 0 Å². The van der Waals surface area contributed by atoms with Gasteiger partial charge in [-0.25, -0.2) is 10.4 Å². The number of nitrogens with one attached hydrogen (secondary N) is 1. The zero-order valence-electron chi connectivity index (χ0n) is 11.2. The van der Waals surface area contributed by atoms with Gasteiger partial charge in [-0.05, 0) is 12.1 Å². The van der Waals surface area contributed by atoms with Gasteiger partial charge < -0.3 is 15.9 Å². The molecule has 5 N–H and O–H groups in total. The summed E-state index contributed by atoms with van der Waals surface area (Å²) in [6, 6.07) is 4.27. The number of nitrogen functional groups attached to an aromatic ring is 1. The van der Waals surface area contributed by atoms with Crippen LogP contribution in [0.15, 0.2) is 23.3 Å². The van der Waals surface area contributed by atoms with Crippen LogP contribution < -0.4 is 11.2 Å². The van der Waals surface area contributed by atoms with Crippen LogP contribution in [-0.4, -0.2) is 27.3 Å². The summed E-state index contributed by atoms with van der Waals surface area (Å²) in [5.74, 6) is -1.47. The van der Waals surface area contributed by atoms with Crippen LogP contribution in [0.2, 0.25) is 15.2 Å². The highest BCUT2D eigenvalue weighted by Crippen LogP contribution is 2.34. The van der Waals surface area contributed by atoms with Gasteiger partial charge in [-0.1, -0.05) is 40.9 Å². The van der Waals surface area contributed by atoms with Gasteiger partial charge in [0.1, 0.15) is 5.02 Å². The van der Waals surface area contributed by atoms with E-state index in [1.807, 2.05) is 0 Å². The Hall–Kier alpha value is -2.22. The van der Waals surface area contributed by atoms with Gasteiger partial charge in [-0.2, -0.15) is 5.10 Å². The van der Waals surface area contributed by atoms with E-state index in [-0.39, 0.29) is 43.6 Å². The number of benzene rings is 1. The van der Waals surface area contributed by atoms with Crippen molar-refractivity contribution in [3.05, 3.63) is 44.7 Å². The maximum absolute atomic E-state index is 12.0. The fourth-order valence-corrected chi connectivity index (χ4v) is 2.14. The maximum atomic E-state index is 12.0. The number of anilines is 1. The first-order chi connectivity index (χ1) is 10.8. The Kier molecular flexibility index (Phi) is 5.15. The molecule has 0 aliphatic heterocycles. The maximum Gasteiger partial charge on any atom is 0.291 e. The van der Waals surface area contributed by atoms with Gasteiger partial charge in [0.2, 0.25) is 0 Å². The molecule has 0 aliphatic carbocycles. The summed E-state index contributed by atoms with van der Waals surface area (Å²) in [6.07, 6.45) is 1.13. The number of hydrogen-bond acceptors (Lipinski definition) is 6. The molecular formula is C13H9Cl3N4O3. The second-order valence-electron chi connectivity index (χ2n) is 4.21. The average molecular weight is 376 g/mol. The van der Waals surface area contributed by atoms with Gasteiger partial charge >= 0.3 is 0 Å². The Morgan fingerprint density at radius 1 is 1.26 bits per heavy atom. The third-order valence-electron chi connectivity index (χ3n) is 2.70. The lowest BCUT2D eigenvalue weighted by Crippen LogP contribution is -2.20. The van der Waals surface area contributed by atoms with Crippen LogP contribution in [0.25, 0.3) is 0 Å². The van der Waals surface area contributed by atoms with Crippen molar-refractivity contribution in [3.63, 3.8) is 0 Å². The van der Waals surface area contributed by atoms with E-state index in [1.165, 1.54) is 18.2 Å². The van der Waals surface area contributed by atoms with E-state index in [9.17, 15) is 15.0 Å². The summed E-state index contributed by atoms with van der Waals surface area (Å²) >= 11 is 17.4. The van der Waals surface area contributed by atoms with Crippen LogP contribution in [0.3, 0.4) is 0 Å². The van der Waals surface area contributed by atoms with Crippen LogP contribution in [0.4, 0.5) is 5.69 Å².